The first kappa shape index (κ1) is 20.4. The van der Waals surface area contributed by atoms with E-state index in [0.29, 0.717) is 24.4 Å². The van der Waals surface area contributed by atoms with Crippen molar-refractivity contribution in [2.75, 3.05) is 13.2 Å². The molecule has 0 fully saturated rings. The minimum Gasteiger partial charge on any atom is -0.484 e. The Kier molecular flexibility index (Phi) is 6.43. The summed E-state index contributed by atoms with van der Waals surface area (Å²) in [6.07, 6.45) is 0.764. The van der Waals surface area contributed by atoms with Crippen LogP contribution in [0.3, 0.4) is 0 Å². The summed E-state index contributed by atoms with van der Waals surface area (Å²) in [6, 6.07) is 28.3. The molecule has 31 heavy (non-hydrogen) atoms. The second-order valence-electron chi connectivity index (χ2n) is 7.28. The van der Waals surface area contributed by atoms with Crippen LogP contribution >= 0.6 is 0 Å². The van der Waals surface area contributed by atoms with Gasteiger partial charge in [0.2, 0.25) is 0 Å². The fraction of sp³-hybridized carbons (Fsp3) is 0.154. The van der Waals surface area contributed by atoms with Gasteiger partial charge in [0.25, 0.3) is 5.91 Å². The van der Waals surface area contributed by atoms with Crippen LogP contribution in [0.5, 0.6) is 5.75 Å². The summed E-state index contributed by atoms with van der Waals surface area (Å²) in [5.41, 5.74) is 2.26. The number of nitrogens with zero attached hydrogens (tertiary/aromatic N) is 1. The lowest BCUT2D eigenvalue weighted by Crippen LogP contribution is -2.36. The first-order valence-electron chi connectivity index (χ1n) is 10.2. The molecule has 0 saturated carbocycles. The van der Waals surface area contributed by atoms with Gasteiger partial charge in [0, 0.05) is 30.6 Å². The van der Waals surface area contributed by atoms with Gasteiger partial charge in [-0.3, -0.25) is 4.79 Å². The molecule has 1 heterocycles. The van der Waals surface area contributed by atoms with Crippen LogP contribution in [0.2, 0.25) is 0 Å². The van der Waals surface area contributed by atoms with Gasteiger partial charge in [0.05, 0.1) is 0 Å². The van der Waals surface area contributed by atoms with Crippen molar-refractivity contribution in [2.45, 2.75) is 13.0 Å². The molecular formula is C26H23NO4. The predicted octanol–water partition coefficient (Wildman–Crippen LogP) is 4.44. The van der Waals surface area contributed by atoms with E-state index < -0.39 is 5.63 Å². The molecule has 0 N–H and O–H groups in total. The van der Waals surface area contributed by atoms with Crippen LogP contribution in [-0.2, 0) is 17.8 Å². The van der Waals surface area contributed by atoms with Crippen LogP contribution in [0.4, 0.5) is 0 Å². The molecule has 0 aliphatic heterocycles. The van der Waals surface area contributed by atoms with E-state index in [0.717, 1.165) is 17.4 Å². The molecule has 0 radical (unpaired) electrons. The molecule has 0 aliphatic rings. The maximum atomic E-state index is 13.0. The number of ether oxygens (including phenoxy) is 1. The van der Waals surface area contributed by atoms with E-state index in [1.807, 2.05) is 53.4 Å². The van der Waals surface area contributed by atoms with Gasteiger partial charge in [-0.25, -0.2) is 4.79 Å². The third-order valence-electron chi connectivity index (χ3n) is 5.04. The Morgan fingerprint density at radius 3 is 2.26 bits per heavy atom. The SMILES string of the molecule is O=C(COc1ccc2ccc(=O)oc2c1)N(CCc1ccccc1)Cc1ccccc1. The molecule has 5 nitrogen and oxygen atoms in total. The summed E-state index contributed by atoms with van der Waals surface area (Å²) < 4.78 is 10.9. The van der Waals surface area contributed by atoms with Crippen molar-refractivity contribution in [3.05, 3.63) is 113 Å². The molecule has 1 amide bonds. The second-order valence-corrected chi connectivity index (χ2v) is 7.28. The van der Waals surface area contributed by atoms with E-state index >= 15 is 0 Å². The monoisotopic (exact) mass is 413 g/mol. The lowest BCUT2D eigenvalue weighted by molar-refractivity contribution is -0.134. The third-order valence-corrected chi connectivity index (χ3v) is 5.04. The van der Waals surface area contributed by atoms with Crippen LogP contribution in [0.1, 0.15) is 11.1 Å². The quantitative estimate of drug-likeness (QED) is 0.401. The number of benzene rings is 3. The fourth-order valence-corrected chi connectivity index (χ4v) is 3.37. The van der Waals surface area contributed by atoms with Gasteiger partial charge in [-0.05, 0) is 35.7 Å². The first-order valence-corrected chi connectivity index (χ1v) is 10.2. The molecule has 0 saturated heterocycles. The van der Waals surface area contributed by atoms with E-state index in [1.54, 1.807) is 24.3 Å². The Hall–Kier alpha value is -3.86. The van der Waals surface area contributed by atoms with Crippen LogP contribution in [0, 0.1) is 0 Å². The van der Waals surface area contributed by atoms with Crippen LogP contribution in [0.25, 0.3) is 11.0 Å². The molecule has 4 rings (SSSR count). The van der Waals surface area contributed by atoms with E-state index in [2.05, 4.69) is 12.1 Å². The van der Waals surface area contributed by atoms with Gasteiger partial charge in [-0.15, -0.1) is 0 Å². The van der Waals surface area contributed by atoms with Crippen molar-refractivity contribution in [3.8, 4) is 5.75 Å². The topological polar surface area (TPSA) is 59.8 Å². The van der Waals surface area contributed by atoms with Crippen LogP contribution in [0.15, 0.2) is 100 Å². The van der Waals surface area contributed by atoms with E-state index in [1.165, 1.54) is 11.6 Å². The first-order chi connectivity index (χ1) is 15.2. The summed E-state index contributed by atoms with van der Waals surface area (Å²) in [5, 5.41) is 0.798. The van der Waals surface area contributed by atoms with E-state index in [9.17, 15) is 9.59 Å². The number of carbonyl (C=O) groups excluding carboxylic acids is 1. The molecule has 5 heteroatoms. The molecule has 0 aliphatic carbocycles. The lowest BCUT2D eigenvalue weighted by atomic mass is 10.1. The van der Waals surface area contributed by atoms with Gasteiger partial charge in [0.15, 0.2) is 6.61 Å². The summed E-state index contributed by atoms with van der Waals surface area (Å²) in [6.45, 7) is 1.01. The van der Waals surface area contributed by atoms with Gasteiger partial charge in [-0.1, -0.05) is 60.7 Å². The van der Waals surface area contributed by atoms with Crippen molar-refractivity contribution in [1.82, 2.24) is 4.90 Å². The van der Waals surface area contributed by atoms with Crippen molar-refractivity contribution >= 4 is 16.9 Å². The summed E-state index contributed by atoms with van der Waals surface area (Å²) >= 11 is 0. The van der Waals surface area contributed by atoms with Crippen LogP contribution in [-0.4, -0.2) is 24.0 Å². The normalized spacial score (nSPS) is 10.7. The molecule has 0 spiro atoms. The van der Waals surface area contributed by atoms with Gasteiger partial charge in [0.1, 0.15) is 11.3 Å². The number of hydrogen-bond donors (Lipinski definition) is 0. The number of fused-ring (bicyclic) bond motifs is 1. The maximum absolute atomic E-state index is 13.0. The molecule has 156 valence electrons. The Morgan fingerprint density at radius 2 is 1.52 bits per heavy atom. The molecule has 0 bridgehead atoms. The second kappa shape index (κ2) is 9.76. The highest BCUT2D eigenvalue weighted by molar-refractivity contribution is 5.79. The zero-order valence-corrected chi connectivity index (χ0v) is 17.1. The van der Waals surface area contributed by atoms with Crippen molar-refractivity contribution in [2.24, 2.45) is 0 Å². The summed E-state index contributed by atoms with van der Waals surface area (Å²) in [5.74, 6) is 0.382. The minimum atomic E-state index is -0.421. The Balaban J connectivity index is 1.44. The third kappa shape index (κ3) is 5.60. The molecule has 3 aromatic carbocycles. The Bertz CT molecular complexity index is 1200. The molecule has 0 unspecified atom stereocenters. The standard InChI is InChI=1S/C26H23NO4/c28-25(19-30-23-13-11-22-12-14-26(29)31-24(22)17-23)27(18-21-9-5-2-6-10-21)16-15-20-7-3-1-4-8-20/h1-14,17H,15-16,18-19H2. The highest BCUT2D eigenvalue weighted by Crippen LogP contribution is 2.19. The fourth-order valence-electron chi connectivity index (χ4n) is 3.37. The van der Waals surface area contributed by atoms with Gasteiger partial charge in [-0.2, -0.15) is 0 Å². The largest absolute Gasteiger partial charge is 0.484 e. The number of hydrogen-bond acceptors (Lipinski definition) is 4. The highest BCUT2D eigenvalue weighted by Gasteiger charge is 2.15. The number of carbonyl (C=O) groups is 1. The molecular weight excluding hydrogens is 390 g/mol. The van der Waals surface area contributed by atoms with Crippen molar-refractivity contribution < 1.29 is 13.9 Å². The lowest BCUT2D eigenvalue weighted by Gasteiger charge is -2.23. The molecule has 0 atom stereocenters. The van der Waals surface area contributed by atoms with Crippen molar-refractivity contribution in [3.63, 3.8) is 0 Å². The molecule has 1 aromatic heterocycles. The zero-order chi connectivity index (χ0) is 21.5. The summed E-state index contributed by atoms with van der Waals surface area (Å²) in [7, 11) is 0. The zero-order valence-electron chi connectivity index (χ0n) is 17.1. The minimum absolute atomic E-state index is 0.0931. The average molecular weight is 413 g/mol. The van der Waals surface area contributed by atoms with E-state index in [4.69, 9.17) is 9.15 Å². The smallest absolute Gasteiger partial charge is 0.336 e. The molecule has 4 aromatic rings. The number of rotatable bonds is 8. The maximum Gasteiger partial charge on any atom is 0.336 e. The number of amides is 1. The highest BCUT2D eigenvalue weighted by atomic mass is 16.5. The van der Waals surface area contributed by atoms with Gasteiger partial charge < -0.3 is 14.1 Å². The predicted molar refractivity (Wildman–Crippen MR) is 120 cm³/mol. The summed E-state index contributed by atoms with van der Waals surface area (Å²) in [4.78, 5) is 26.2. The Morgan fingerprint density at radius 1 is 0.839 bits per heavy atom. The van der Waals surface area contributed by atoms with Crippen LogP contribution < -0.4 is 10.4 Å². The van der Waals surface area contributed by atoms with E-state index in [-0.39, 0.29) is 12.5 Å². The Labute approximate surface area is 180 Å². The van der Waals surface area contributed by atoms with Gasteiger partial charge >= 0.3 is 5.63 Å². The average Bonchev–Trinajstić information content (AvgIpc) is 2.81. The van der Waals surface area contributed by atoms with Crippen molar-refractivity contribution in [1.29, 1.82) is 0 Å².